The Bertz CT molecular complexity index is 462. The lowest BCUT2D eigenvalue weighted by Crippen LogP contribution is -2.47. The molecule has 0 bridgehead atoms. The average molecular weight is 338 g/mol. The van der Waals surface area contributed by atoms with Crippen LogP contribution < -0.4 is 5.32 Å². The molecule has 20 heavy (non-hydrogen) atoms. The van der Waals surface area contributed by atoms with E-state index in [1.165, 1.54) is 0 Å². The number of carbonyl (C=O) groups is 1. The third-order valence-corrected chi connectivity index (χ3v) is 4.28. The fourth-order valence-electron chi connectivity index (χ4n) is 2.33. The maximum atomic E-state index is 12.3. The zero-order valence-corrected chi connectivity index (χ0v) is 13.7. The molecule has 1 aromatic carbocycles. The van der Waals surface area contributed by atoms with Crippen molar-refractivity contribution in [1.82, 2.24) is 10.2 Å². The van der Waals surface area contributed by atoms with Crippen LogP contribution >= 0.6 is 35.6 Å². The third kappa shape index (κ3) is 4.26. The highest BCUT2D eigenvalue weighted by Gasteiger charge is 2.24. The molecule has 0 radical (unpaired) electrons. The van der Waals surface area contributed by atoms with Gasteiger partial charge in [-0.15, -0.1) is 12.4 Å². The minimum atomic E-state index is -0.0586. The average Bonchev–Trinajstić information content (AvgIpc) is 2.44. The summed E-state index contributed by atoms with van der Waals surface area (Å²) >= 11 is 12.1. The van der Waals surface area contributed by atoms with E-state index in [9.17, 15) is 4.79 Å². The molecule has 0 saturated carbocycles. The van der Waals surface area contributed by atoms with E-state index in [2.05, 4.69) is 5.32 Å². The summed E-state index contributed by atoms with van der Waals surface area (Å²) < 4.78 is 0. The van der Waals surface area contributed by atoms with Crippen LogP contribution in [0.2, 0.25) is 10.0 Å². The summed E-state index contributed by atoms with van der Waals surface area (Å²) in [6.07, 6.45) is 3.16. The number of benzene rings is 1. The van der Waals surface area contributed by atoms with Gasteiger partial charge in [-0.2, -0.15) is 0 Å². The number of rotatable bonds is 3. The lowest BCUT2D eigenvalue weighted by Gasteiger charge is -2.27. The number of likely N-dealkylation sites (N-methyl/N-ethyl adjacent to an activating group) is 1. The van der Waals surface area contributed by atoms with Gasteiger partial charge in [0, 0.05) is 13.6 Å². The molecule has 6 heteroatoms. The fraction of sp³-hybridized carbons (Fsp3) is 0.500. The number of piperidine rings is 1. The standard InChI is InChI=1S/C14H18Cl2N2O.ClH/c1-18(14(19)12-7-2-3-8-17-12)9-10-5-4-6-11(15)13(10)16;/h4-6,12,17H,2-3,7-9H2,1H3;1H. The molecular formula is C14H19Cl3N2O. The molecule has 1 heterocycles. The van der Waals surface area contributed by atoms with Crippen molar-refractivity contribution >= 4 is 41.5 Å². The molecule has 0 aliphatic carbocycles. The zero-order valence-electron chi connectivity index (χ0n) is 11.4. The smallest absolute Gasteiger partial charge is 0.239 e. The molecule has 2 rings (SSSR count). The summed E-state index contributed by atoms with van der Waals surface area (Å²) in [7, 11) is 1.80. The summed E-state index contributed by atoms with van der Waals surface area (Å²) in [6.45, 7) is 1.40. The van der Waals surface area contributed by atoms with Crippen LogP contribution in [0, 0.1) is 0 Å². The van der Waals surface area contributed by atoms with Gasteiger partial charge in [-0.1, -0.05) is 41.8 Å². The van der Waals surface area contributed by atoms with Gasteiger partial charge in [-0.3, -0.25) is 4.79 Å². The molecule has 1 aliphatic heterocycles. The topological polar surface area (TPSA) is 32.3 Å². The van der Waals surface area contributed by atoms with Crippen LogP contribution in [0.25, 0.3) is 0 Å². The van der Waals surface area contributed by atoms with Crippen molar-refractivity contribution in [2.24, 2.45) is 0 Å². The van der Waals surface area contributed by atoms with Crippen molar-refractivity contribution in [2.75, 3.05) is 13.6 Å². The van der Waals surface area contributed by atoms with Gasteiger partial charge in [0.25, 0.3) is 0 Å². The maximum absolute atomic E-state index is 12.3. The predicted molar refractivity (Wildman–Crippen MR) is 85.8 cm³/mol. The lowest BCUT2D eigenvalue weighted by atomic mass is 10.0. The minimum Gasteiger partial charge on any atom is -0.340 e. The van der Waals surface area contributed by atoms with Crippen LogP contribution in [0.3, 0.4) is 0 Å². The summed E-state index contributed by atoms with van der Waals surface area (Å²) in [4.78, 5) is 14.0. The first-order valence-electron chi connectivity index (χ1n) is 6.51. The van der Waals surface area contributed by atoms with E-state index in [1.54, 1.807) is 18.0 Å². The summed E-state index contributed by atoms with van der Waals surface area (Å²) in [5, 5.41) is 4.31. The fourth-order valence-corrected chi connectivity index (χ4v) is 2.71. The Balaban J connectivity index is 0.00000200. The Kier molecular flexibility index (Phi) is 7.10. The second-order valence-corrected chi connectivity index (χ2v) is 5.69. The zero-order chi connectivity index (χ0) is 13.8. The second-order valence-electron chi connectivity index (χ2n) is 4.91. The number of amides is 1. The minimum absolute atomic E-state index is 0. The Morgan fingerprint density at radius 1 is 1.40 bits per heavy atom. The Morgan fingerprint density at radius 3 is 2.80 bits per heavy atom. The first-order valence-corrected chi connectivity index (χ1v) is 7.26. The van der Waals surface area contributed by atoms with Crippen LogP contribution in [-0.2, 0) is 11.3 Å². The van der Waals surface area contributed by atoms with E-state index in [-0.39, 0.29) is 24.4 Å². The van der Waals surface area contributed by atoms with Gasteiger partial charge in [0.1, 0.15) is 0 Å². The van der Waals surface area contributed by atoms with Crippen molar-refractivity contribution in [3.63, 3.8) is 0 Å². The molecule has 1 unspecified atom stereocenters. The number of carbonyl (C=O) groups excluding carboxylic acids is 1. The Labute approximate surface area is 136 Å². The van der Waals surface area contributed by atoms with Gasteiger partial charge < -0.3 is 10.2 Å². The molecule has 1 atom stereocenters. The normalized spacial score (nSPS) is 18.2. The molecule has 1 amide bonds. The Morgan fingerprint density at radius 2 is 2.15 bits per heavy atom. The number of nitrogens with one attached hydrogen (secondary N) is 1. The number of nitrogens with zero attached hydrogens (tertiary/aromatic N) is 1. The molecule has 3 nitrogen and oxygen atoms in total. The highest BCUT2D eigenvalue weighted by Crippen LogP contribution is 2.26. The predicted octanol–water partition coefficient (Wildman–Crippen LogP) is 3.52. The summed E-state index contributed by atoms with van der Waals surface area (Å²) in [6, 6.07) is 5.43. The second kappa shape index (κ2) is 8.08. The SMILES string of the molecule is CN(Cc1cccc(Cl)c1Cl)C(=O)C1CCCCN1.Cl. The number of halogens is 3. The van der Waals surface area contributed by atoms with Crippen molar-refractivity contribution in [2.45, 2.75) is 31.8 Å². The van der Waals surface area contributed by atoms with E-state index in [1.807, 2.05) is 12.1 Å². The number of hydrogen-bond donors (Lipinski definition) is 1. The molecule has 0 spiro atoms. The molecule has 1 N–H and O–H groups in total. The van der Waals surface area contributed by atoms with Crippen molar-refractivity contribution < 1.29 is 4.79 Å². The van der Waals surface area contributed by atoms with E-state index < -0.39 is 0 Å². The third-order valence-electron chi connectivity index (χ3n) is 3.42. The monoisotopic (exact) mass is 336 g/mol. The van der Waals surface area contributed by atoms with Crippen LogP contribution in [0.15, 0.2) is 18.2 Å². The van der Waals surface area contributed by atoms with E-state index in [0.29, 0.717) is 16.6 Å². The van der Waals surface area contributed by atoms with E-state index in [4.69, 9.17) is 23.2 Å². The molecule has 1 fully saturated rings. The molecular weight excluding hydrogens is 319 g/mol. The highest BCUT2D eigenvalue weighted by atomic mass is 35.5. The first-order chi connectivity index (χ1) is 9.09. The van der Waals surface area contributed by atoms with Crippen molar-refractivity contribution in [1.29, 1.82) is 0 Å². The summed E-state index contributed by atoms with van der Waals surface area (Å²) in [5.74, 6) is 0.121. The molecule has 1 saturated heterocycles. The molecule has 0 aromatic heterocycles. The van der Waals surface area contributed by atoms with Crippen molar-refractivity contribution in [3.8, 4) is 0 Å². The molecule has 112 valence electrons. The van der Waals surface area contributed by atoms with Crippen LogP contribution in [0.5, 0.6) is 0 Å². The van der Waals surface area contributed by atoms with Crippen LogP contribution in [0.1, 0.15) is 24.8 Å². The van der Waals surface area contributed by atoms with Gasteiger partial charge in [-0.05, 0) is 31.0 Å². The lowest BCUT2D eigenvalue weighted by molar-refractivity contribution is -0.133. The largest absolute Gasteiger partial charge is 0.340 e. The van der Waals surface area contributed by atoms with E-state index >= 15 is 0 Å². The highest BCUT2D eigenvalue weighted by molar-refractivity contribution is 6.42. The van der Waals surface area contributed by atoms with Gasteiger partial charge in [0.2, 0.25) is 5.91 Å². The van der Waals surface area contributed by atoms with Gasteiger partial charge >= 0.3 is 0 Å². The first kappa shape index (κ1) is 17.6. The molecule has 1 aliphatic rings. The summed E-state index contributed by atoms with van der Waals surface area (Å²) in [5.41, 5.74) is 0.876. The Hall–Kier alpha value is -0.480. The van der Waals surface area contributed by atoms with Gasteiger partial charge in [-0.25, -0.2) is 0 Å². The maximum Gasteiger partial charge on any atom is 0.239 e. The quantitative estimate of drug-likeness (QED) is 0.915. The van der Waals surface area contributed by atoms with Crippen molar-refractivity contribution in [3.05, 3.63) is 33.8 Å². The van der Waals surface area contributed by atoms with E-state index in [0.717, 1.165) is 31.4 Å². The van der Waals surface area contributed by atoms with Crippen LogP contribution in [0.4, 0.5) is 0 Å². The van der Waals surface area contributed by atoms with Crippen LogP contribution in [-0.4, -0.2) is 30.4 Å². The number of hydrogen-bond acceptors (Lipinski definition) is 2. The molecule has 1 aromatic rings. The van der Waals surface area contributed by atoms with Gasteiger partial charge in [0.15, 0.2) is 0 Å². The van der Waals surface area contributed by atoms with Gasteiger partial charge in [0.05, 0.1) is 16.1 Å².